The maximum Gasteiger partial charge on any atom is 0.340 e. The zero-order valence-electron chi connectivity index (χ0n) is 11.7. The fraction of sp³-hybridized carbons (Fsp3) is 0. The van der Waals surface area contributed by atoms with Gasteiger partial charge in [-0.2, -0.15) is 8.42 Å². The molecule has 2 heterocycles. The van der Waals surface area contributed by atoms with Crippen LogP contribution in [-0.2, 0) is 10.1 Å². The molecule has 0 spiro atoms. The quantitative estimate of drug-likeness (QED) is 0.298. The van der Waals surface area contributed by atoms with Crippen LogP contribution in [0.3, 0.4) is 0 Å². The number of hydrogen-bond acceptors (Lipinski definition) is 8. The molecule has 0 amide bonds. The molecule has 122 valence electrons. The largest absolute Gasteiger partial charge is 0.356 e. The van der Waals surface area contributed by atoms with Gasteiger partial charge in [-0.05, 0) is 24.3 Å². The highest BCUT2D eigenvalue weighted by Gasteiger charge is 2.19. The second-order valence-electron chi connectivity index (χ2n) is 4.47. The molecule has 3 aromatic rings. The topological polar surface area (TPSA) is 125 Å². The van der Waals surface area contributed by atoms with Crippen molar-refractivity contribution in [1.82, 2.24) is 15.0 Å². The van der Waals surface area contributed by atoms with E-state index in [4.69, 9.17) is 15.8 Å². The van der Waals surface area contributed by atoms with Crippen molar-refractivity contribution in [2.45, 2.75) is 4.90 Å². The second-order valence-corrected chi connectivity index (χ2v) is 6.41. The average molecular weight is 367 g/mol. The van der Waals surface area contributed by atoms with E-state index in [1.54, 1.807) is 0 Å². The maximum absolute atomic E-state index is 12.2. The van der Waals surface area contributed by atoms with E-state index >= 15 is 0 Å². The van der Waals surface area contributed by atoms with Gasteiger partial charge in [0.05, 0.1) is 11.1 Å². The molecular formula is C13H7ClN4O5S. The van der Waals surface area contributed by atoms with Crippen molar-refractivity contribution >= 4 is 38.6 Å². The minimum atomic E-state index is -4.20. The van der Waals surface area contributed by atoms with Gasteiger partial charge in [-0.15, -0.1) is 0 Å². The Labute approximate surface area is 140 Å². The van der Waals surface area contributed by atoms with Gasteiger partial charge >= 0.3 is 10.1 Å². The number of nitro benzene ring substituents is 1. The number of aromatic nitrogens is 3. The number of nitro groups is 1. The van der Waals surface area contributed by atoms with Crippen LogP contribution in [-0.4, -0.2) is 28.3 Å². The normalized spacial score (nSPS) is 11.4. The predicted molar refractivity (Wildman–Crippen MR) is 83.3 cm³/mol. The first-order chi connectivity index (χ1) is 11.3. The van der Waals surface area contributed by atoms with E-state index in [9.17, 15) is 18.5 Å². The van der Waals surface area contributed by atoms with E-state index in [0.29, 0.717) is 5.52 Å². The molecule has 0 aliphatic heterocycles. The summed E-state index contributed by atoms with van der Waals surface area (Å²) in [6.07, 6.45) is 1.09. The molecule has 0 atom stereocenters. The average Bonchev–Trinajstić information content (AvgIpc) is 2.55. The number of non-ortho nitro benzene ring substituents is 1. The molecule has 0 bridgehead atoms. The van der Waals surface area contributed by atoms with Gasteiger partial charge in [0.2, 0.25) is 0 Å². The van der Waals surface area contributed by atoms with Gasteiger partial charge < -0.3 is 4.18 Å². The van der Waals surface area contributed by atoms with Crippen LogP contribution in [0.5, 0.6) is 5.88 Å². The monoisotopic (exact) mass is 366 g/mol. The van der Waals surface area contributed by atoms with Crippen LogP contribution in [0.4, 0.5) is 5.69 Å². The molecule has 0 aliphatic carbocycles. The van der Waals surface area contributed by atoms with Gasteiger partial charge in [-0.3, -0.25) is 10.1 Å². The van der Waals surface area contributed by atoms with Crippen LogP contribution in [0, 0.1) is 10.1 Å². The van der Waals surface area contributed by atoms with Crippen molar-refractivity contribution in [2.75, 3.05) is 0 Å². The van der Waals surface area contributed by atoms with Gasteiger partial charge in [0.15, 0.2) is 5.65 Å². The van der Waals surface area contributed by atoms with Crippen molar-refractivity contribution in [3.05, 3.63) is 57.9 Å². The number of pyridine rings is 1. The van der Waals surface area contributed by atoms with E-state index < -0.39 is 15.0 Å². The van der Waals surface area contributed by atoms with Crippen LogP contribution in [0.15, 0.2) is 47.5 Å². The van der Waals surface area contributed by atoms with Crippen LogP contribution in [0.1, 0.15) is 0 Å². The molecular weight excluding hydrogens is 360 g/mol. The lowest BCUT2D eigenvalue weighted by Gasteiger charge is -2.06. The van der Waals surface area contributed by atoms with Gasteiger partial charge in [-0.1, -0.05) is 11.6 Å². The Bertz CT molecular complexity index is 1040. The van der Waals surface area contributed by atoms with E-state index in [-0.39, 0.29) is 27.3 Å². The Balaban J connectivity index is 1.91. The fourth-order valence-corrected chi connectivity index (χ4v) is 2.81. The predicted octanol–water partition coefficient (Wildman–Crippen LogP) is 2.35. The summed E-state index contributed by atoms with van der Waals surface area (Å²) in [5.41, 5.74) is 0.306. The minimum absolute atomic E-state index is 0.226. The Kier molecular flexibility index (Phi) is 3.99. The number of halogens is 1. The first-order valence-electron chi connectivity index (χ1n) is 6.33. The molecule has 0 aliphatic rings. The lowest BCUT2D eigenvalue weighted by molar-refractivity contribution is -0.384. The molecule has 0 N–H and O–H groups in total. The Morgan fingerprint density at radius 3 is 2.46 bits per heavy atom. The van der Waals surface area contributed by atoms with Crippen LogP contribution < -0.4 is 4.18 Å². The summed E-state index contributed by atoms with van der Waals surface area (Å²) in [5.74, 6) is -0.259. The Morgan fingerprint density at radius 1 is 1.08 bits per heavy atom. The highest BCUT2D eigenvalue weighted by molar-refractivity contribution is 7.87. The van der Waals surface area contributed by atoms with E-state index in [0.717, 1.165) is 30.5 Å². The third-order valence-electron chi connectivity index (χ3n) is 2.88. The molecule has 0 unspecified atom stereocenters. The summed E-state index contributed by atoms with van der Waals surface area (Å²) >= 11 is 5.73. The Hall–Kier alpha value is -2.85. The molecule has 11 heteroatoms. The lowest BCUT2D eigenvalue weighted by Crippen LogP contribution is -2.11. The Morgan fingerprint density at radius 2 is 1.79 bits per heavy atom. The van der Waals surface area contributed by atoms with E-state index in [1.807, 2.05) is 0 Å². The third-order valence-corrected chi connectivity index (χ3v) is 4.33. The van der Waals surface area contributed by atoms with Crippen LogP contribution in [0.2, 0.25) is 5.15 Å². The molecule has 1 aromatic carbocycles. The zero-order valence-corrected chi connectivity index (χ0v) is 13.2. The molecule has 0 saturated heterocycles. The van der Waals surface area contributed by atoms with Crippen molar-refractivity contribution < 1.29 is 17.5 Å². The van der Waals surface area contributed by atoms with E-state index in [1.165, 1.54) is 12.1 Å². The summed E-state index contributed by atoms with van der Waals surface area (Å²) in [4.78, 5) is 21.5. The maximum atomic E-state index is 12.2. The summed E-state index contributed by atoms with van der Waals surface area (Å²) in [6, 6.07) is 7.27. The second kappa shape index (κ2) is 5.98. The lowest BCUT2D eigenvalue weighted by atomic mass is 10.3. The van der Waals surface area contributed by atoms with Crippen molar-refractivity contribution in [3.63, 3.8) is 0 Å². The van der Waals surface area contributed by atoms with Crippen LogP contribution in [0.25, 0.3) is 11.2 Å². The molecule has 0 fully saturated rings. The molecule has 24 heavy (non-hydrogen) atoms. The summed E-state index contributed by atoms with van der Waals surface area (Å²) in [5, 5.41) is 10.8. The molecule has 3 rings (SSSR count). The molecule has 9 nitrogen and oxygen atoms in total. The number of fused-ring (bicyclic) bond motifs is 1. The van der Waals surface area contributed by atoms with E-state index in [2.05, 4.69) is 15.0 Å². The summed E-state index contributed by atoms with van der Waals surface area (Å²) < 4.78 is 29.2. The standard InChI is InChI=1S/C13H7ClN4O5S/c14-11-6-5-10-13(17-11)15-7-12(16-10)23-24(21,22)9-3-1-8(2-4-9)18(19)20/h1-7H. The number of nitrogens with zero attached hydrogens (tertiary/aromatic N) is 4. The van der Waals surface area contributed by atoms with Crippen molar-refractivity contribution in [2.24, 2.45) is 0 Å². The smallest absolute Gasteiger partial charge is 0.340 e. The SMILES string of the molecule is O=[N+]([O-])c1ccc(S(=O)(=O)Oc2cnc3nc(Cl)ccc3n2)cc1. The van der Waals surface area contributed by atoms with Crippen molar-refractivity contribution in [3.8, 4) is 5.88 Å². The van der Waals surface area contributed by atoms with Gasteiger partial charge in [0.1, 0.15) is 15.6 Å². The fourth-order valence-electron chi connectivity index (χ4n) is 1.80. The molecule has 0 saturated carbocycles. The minimum Gasteiger partial charge on any atom is -0.356 e. The first-order valence-corrected chi connectivity index (χ1v) is 8.12. The highest BCUT2D eigenvalue weighted by Crippen LogP contribution is 2.21. The summed E-state index contributed by atoms with van der Waals surface area (Å²) in [7, 11) is -4.20. The molecule has 2 aromatic heterocycles. The van der Waals surface area contributed by atoms with Gasteiger partial charge in [0, 0.05) is 12.1 Å². The zero-order chi connectivity index (χ0) is 17.3. The van der Waals surface area contributed by atoms with Crippen LogP contribution >= 0.6 is 11.6 Å². The van der Waals surface area contributed by atoms with Gasteiger partial charge in [0.25, 0.3) is 11.6 Å². The number of hydrogen-bond donors (Lipinski definition) is 0. The number of rotatable bonds is 4. The van der Waals surface area contributed by atoms with Gasteiger partial charge in [-0.25, -0.2) is 15.0 Å². The first kappa shape index (κ1) is 16.0. The number of benzene rings is 1. The molecule has 0 radical (unpaired) electrons. The highest BCUT2D eigenvalue weighted by atomic mass is 35.5. The summed E-state index contributed by atoms with van der Waals surface area (Å²) in [6.45, 7) is 0. The van der Waals surface area contributed by atoms with Crippen molar-refractivity contribution in [1.29, 1.82) is 0 Å². The third kappa shape index (κ3) is 3.24.